The third-order valence-electron chi connectivity index (χ3n) is 2.46. The van der Waals surface area contributed by atoms with Crippen molar-refractivity contribution in [3.63, 3.8) is 0 Å². The summed E-state index contributed by atoms with van der Waals surface area (Å²) in [7, 11) is 0. The molecule has 1 aliphatic heterocycles. The molecule has 0 aliphatic carbocycles. The lowest BCUT2D eigenvalue weighted by Gasteiger charge is -2.07. The first-order valence-corrected chi connectivity index (χ1v) is 6.84. The average Bonchev–Trinajstić information content (AvgIpc) is 2.60. The topological polar surface area (TPSA) is 35.5 Å². The molecule has 0 spiro atoms. The Morgan fingerprint density at radius 2 is 2.40 bits per heavy atom. The highest BCUT2D eigenvalue weighted by atomic mass is 127. The van der Waals surface area contributed by atoms with Gasteiger partial charge in [-0.15, -0.1) is 0 Å². The SMILES string of the molecule is CCOC(=O)/C=C1\OC(CI)CC1CC. The van der Waals surface area contributed by atoms with Gasteiger partial charge in [0, 0.05) is 10.3 Å². The first-order chi connectivity index (χ1) is 7.21. The molecule has 1 heterocycles. The summed E-state index contributed by atoms with van der Waals surface area (Å²) in [5.41, 5.74) is 0. The summed E-state index contributed by atoms with van der Waals surface area (Å²) in [4.78, 5) is 11.3. The zero-order valence-corrected chi connectivity index (χ0v) is 11.3. The van der Waals surface area contributed by atoms with Gasteiger partial charge in [0.05, 0.1) is 12.7 Å². The quantitative estimate of drug-likeness (QED) is 0.345. The van der Waals surface area contributed by atoms with E-state index in [0.717, 1.165) is 23.0 Å². The van der Waals surface area contributed by atoms with Crippen molar-refractivity contribution in [1.29, 1.82) is 0 Å². The Bertz CT molecular complexity index is 250. The van der Waals surface area contributed by atoms with E-state index in [1.165, 1.54) is 6.08 Å². The van der Waals surface area contributed by atoms with E-state index in [1.807, 2.05) is 0 Å². The van der Waals surface area contributed by atoms with E-state index >= 15 is 0 Å². The van der Waals surface area contributed by atoms with E-state index in [0.29, 0.717) is 12.5 Å². The zero-order chi connectivity index (χ0) is 11.3. The number of hydrogen-bond acceptors (Lipinski definition) is 3. The van der Waals surface area contributed by atoms with Crippen LogP contribution in [-0.4, -0.2) is 23.1 Å². The van der Waals surface area contributed by atoms with Crippen molar-refractivity contribution in [2.75, 3.05) is 11.0 Å². The van der Waals surface area contributed by atoms with Crippen LogP contribution in [0.25, 0.3) is 0 Å². The Balaban J connectivity index is 2.62. The predicted octanol–water partition coefficient (Wildman–Crippen LogP) is 2.68. The smallest absolute Gasteiger partial charge is 0.334 e. The van der Waals surface area contributed by atoms with E-state index in [9.17, 15) is 4.79 Å². The van der Waals surface area contributed by atoms with Gasteiger partial charge in [-0.3, -0.25) is 0 Å². The van der Waals surface area contributed by atoms with Crippen molar-refractivity contribution in [3.05, 3.63) is 11.8 Å². The van der Waals surface area contributed by atoms with Gasteiger partial charge in [0.2, 0.25) is 0 Å². The average molecular weight is 324 g/mol. The molecule has 86 valence electrons. The summed E-state index contributed by atoms with van der Waals surface area (Å²) in [6, 6.07) is 0. The molecule has 1 aliphatic rings. The lowest BCUT2D eigenvalue weighted by molar-refractivity contribution is -0.137. The Kier molecular flexibility index (Phi) is 5.42. The Morgan fingerprint density at radius 1 is 1.67 bits per heavy atom. The van der Waals surface area contributed by atoms with Crippen LogP contribution < -0.4 is 0 Å². The molecule has 0 saturated carbocycles. The summed E-state index contributed by atoms with van der Waals surface area (Å²) in [5.74, 6) is 0.895. The Labute approximate surface area is 104 Å². The highest BCUT2D eigenvalue weighted by Crippen LogP contribution is 2.32. The number of rotatable bonds is 4. The fourth-order valence-electron chi connectivity index (χ4n) is 1.68. The van der Waals surface area contributed by atoms with Crippen LogP contribution in [-0.2, 0) is 14.3 Å². The molecule has 1 rings (SSSR count). The van der Waals surface area contributed by atoms with Gasteiger partial charge in [-0.05, 0) is 19.8 Å². The molecule has 1 fully saturated rings. The number of hydrogen-bond donors (Lipinski definition) is 0. The van der Waals surface area contributed by atoms with Crippen LogP contribution in [0.1, 0.15) is 26.7 Å². The third-order valence-corrected chi connectivity index (χ3v) is 3.45. The van der Waals surface area contributed by atoms with Gasteiger partial charge in [0.25, 0.3) is 0 Å². The number of carbonyl (C=O) groups excluding carboxylic acids is 1. The van der Waals surface area contributed by atoms with Crippen LogP contribution >= 0.6 is 22.6 Å². The molecule has 0 aromatic carbocycles. The van der Waals surface area contributed by atoms with Gasteiger partial charge in [0.1, 0.15) is 11.9 Å². The molecule has 0 N–H and O–H groups in total. The minimum Gasteiger partial charge on any atom is -0.493 e. The number of ether oxygens (including phenoxy) is 2. The number of esters is 1. The minimum absolute atomic E-state index is 0.260. The van der Waals surface area contributed by atoms with Gasteiger partial charge < -0.3 is 9.47 Å². The molecule has 1 saturated heterocycles. The largest absolute Gasteiger partial charge is 0.493 e. The van der Waals surface area contributed by atoms with Crippen molar-refractivity contribution >= 4 is 28.6 Å². The van der Waals surface area contributed by atoms with Crippen LogP contribution in [0.5, 0.6) is 0 Å². The summed E-state index contributed by atoms with van der Waals surface area (Å²) >= 11 is 2.31. The van der Waals surface area contributed by atoms with Crippen LogP contribution in [0.2, 0.25) is 0 Å². The number of allylic oxidation sites excluding steroid dienone is 1. The summed E-state index contributed by atoms with van der Waals surface area (Å²) in [6.07, 6.45) is 3.80. The summed E-state index contributed by atoms with van der Waals surface area (Å²) in [6.45, 7) is 4.33. The normalized spacial score (nSPS) is 27.8. The lowest BCUT2D eigenvalue weighted by Crippen LogP contribution is -2.05. The molecule has 0 amide bonds. The van der Waals surface area contributed by atoms with Gasteiger partial charge in [-0.1, -0.05) is 29.5 Å². The third kappa shape index (κ3) is 3.66. The first-order valence-electron chi connectivity index (χ1n) is 5.32. The second kappa shape index (κ2) is 6.35. The molecule has 4 heteroatoms. The first kappa shape index (κ1) is 12.8. The van der Waals surface area contributed by atoms with Crippen molar-refractivity contribution in [1.82, 2.24) is 0 Å². The van der Waals surface area contributed by atoms with Crippen molar-refractivity contribution < 1.29 is 14.3 Å². The number of carbonyl (C=O) groups is 1. The molecule has 2 atom stereocenters. The molecule has 0 aromatic heterocycles. The van der Waals surface area contributed by atoms with Crippen LogP contribution in [0.4, 0.5) is 0 Å². The molecule has 0 radical (unpaired) electrons. The van der Waals surface area contributed by atoms with E-state index < -0.39 is 0 Å². The molecule has 0 aromatic rings. The monoisotopic (exact) mass is 324 g/mol. The van der Waals surface area contributed by atoms with E-state index in [4.69, 9.17) is 9.47 Å². The van der Waals surface area contributed by atoms with Gasteiger partial charge >= 0.3 is 5.97 Å². The maximum atomic E-state index is 11.3. The van der Waals surface area contributed by atoms with E-state index in [-0.39, 0.29) is 12.1 Å². The number of alkyl halides is 1. The number of halogens is 1. The summed E-state index contributed by atoms with van der Waals surface area (Å²) < 4.78 is 11.5. The van der Waals surface area contributed by atoms with Gasteiger partial charge in [-0.25, -0.2) is 4.79 Å². The van der Waals surface area contributed by atoms with E-state index in [2.05, 4.69) is 29.5 Å². The Morgan fingerprint density at radius 3 is 2.93 bits per heavy atom. The standard InChI is InChI=1S/C11H17IO3/c1-3-8-5-9(7-12)15-10(8)6-11(13)14-4-2/h6,8-9H,3-5,7H2,1-2H3/b10-6-. The van der Waals surface area contributed by atoms with Crippen molar-refractivity contribution in [2.24, 2.45) is 5.92 Å². The predicted molar refractivity (Wildman–Crippen MR) is 66.9 cm³/mol. The van der Waals surface area contributed by atoms with Crippen molar-refractivity contribution in [3.8, 4) is 0 Å². The molecule has 15 heavy (non-hydrogen) atoms. The van der Waals surface area contributed by atoms with Crippen molar-refractivity contribution in [2.45, 2.75) is 32.8 Å². The maximum absolute atomic E-state index is 11.3. The molecular formula is C11H17IO3. The van der Waals surface area contributed by atoms with E-state index in [1.54, 1.807) is 6.92 Å². The molecular weight excluding hydrogens is 307 g/mol. The summed E-state index contributed by atoms with van der Waals surface area (Å²) in [5, 5.41) is 0. The van der Waals surface area contributed by atoms with Gasteiger partial charge in [0.15, 0.2) is 0 Å². The highest BCUT2D eigenvalue weighted by molar-refractivity contribution is 14.1. The molecule has 0 bridgehead atoms. The Hall–Kier alpha value is -0.260. The second-order valence-electron chi connectivity index (χ2n) is 3.53. The minimum atomic E-state index is -0.292. The highest BCUT2D eigenvalue weighted by Gasteiger charge is 2.29. The van der Waals surface area contributed by atoms with Crippen LogP contribution in [0.3, 0.4) is 0 Å². The zero-order valence-electron chi connectivity index (χ0n) is 9.16. The fraction of sp³-hybridized carbons (Fsp3) is 0.727. The second-order valence-corrected chi connectivity index (χ2v) is 4.41. The maximum Gasteiger partial charge on any atom is 0.334 e. The lowest BCUT2D eigenvalue weighted by atomic mass is 10.0. The van der Waals surface area contributed by atoms with Crippen LogP contribution in [0.15, 0.2) is 11.8 Å². The molecule has 3 nitrogen and oxygen atoms in total. The van der Waals surface area contributed by atoms with Crippen LogP contribution in [0, 0.1) is 5.92 Å². The van der Waals surface area contributed by atoms with Gasteiger partial charge in [-0.2, -0.15) is 0 Å². The molecule has 2 unspecified atom stereocenters. The fourth-order valence-corrected chi connectivity index (χ4v) is 2.22.